The number of hydrogen-bond donors (Lipinski definition) is 3. The summed E-state index contributed by atoms with van der Waals surface area (Å²) in [5.41, 5.74) is -1.59. The summed E-state index contributed by atoms with van der Waals surface area (Å²) >= 11 is 1.12. The summed E-state index contributed by atoms with van der Waals surface area (Å²) in [7, 11) is 5.39. The molecule has 13 heteroatoms. The van der Waals surface area contributed by atoms with Crippen LogP contribution in [0.3, 0.4) is 0 Å². The molecule has 0 spiro atoms. The van der Waals surface area contributed by atoms with Gasteiger partial charge in [0.15, 0.2) is 0 Å². The summed E-state index contributed by atoms with van der Waals surface area (Å²) < 4.78 is 20.5. The topological polar surface area (TPSA) is 155 Å². The summed E-state index contributed by atoms with van der Waals surface area (Å²) in [6, 6.07) is 0. The average Bonchev–Trinajstić information content (AvgIpc) is 2.87. The molecule has 0 aliphatic carbocycles. The van der Waals surface area contributed by atoms with Crippen LogP contribution in [0.4, 0.5) is 4.79 Å². The van der Waals surface area contributed by atoms with Crippen LogP contribution in [0.1, 0.15) is 33.1 Å². The number of rotatable bonds is 21. The van der Waals surface area contributed by atoms with Gasteiger partial charge in [0.25, 0.3) is 5.24 Å². The maximum absolute atomic E-state index is 12.8. The lowest BCUT2D eigenvalue weighted by atomic mass is 9.94. The van der Waals surface area contributed by atoms with Gasteiger partial charge in [-0.1, -0.05) is 25.6 Å². The van der Waals surface area contributed by atoms with Gasteiger partial charge in [-0.3, -0.25) is 14.4 Å². The van der Waals surface area contributed by atoms with E-state index >= 15 is 0 Å². The molecule has 3 N–H and O–H groups in total. The highest BCUT2D eigenvalue weighted by molar-refractivity contribution is 8.13. The number of carbonyl (C=O) groups excluding carboxylic acids is 3. The molecule has 0 aromatic carbocycles. The molecule has 0 aromatic rings. The summed E-state index contributed by atoms with van der Waals surface area (Å²) in [5.74, 6) is -0.509. The Balaban J connectivity index is 4.91. The number of esters is 2. The van der Waals surface area contributed by atoms with Crippen LogP contribution in [0.2, 0.25) is 0 Å². The Morgan fingerprint density at radius 3 is 1.76 bits per heavy atom. The zero-order chi connectivity index (χ0) is 28.3. The highest BCUT2D eigenvalue weighted by Crippen LogP contribution is 2.18. The highest BCUT2D eigenvalue weighted by atomic mass is 32.2. The van der Waals surface area contributed by atoms with Crippen LogP contribution >= 0.6 is 11.8 Å². The zero-order valence-corrected chi connectivity index (χ0v) is 23.7. The van der Waals surface area contributed by atoms with E-state index in [4.69, 9.17) is 24.1 Å². The normalized spacial score (nSPS) is 14.6. The van der Waals surface area contributed by atoms with E-state index in [9.17, 15) is 24.6 Å². The van der Waals surface area contributed by atoms with Crippen LogP contribution in [0, 0.1) is 10.8 Å². The van der Waals surface area contributed by atoms with Crippen molar-refractivity contribution in [2.45, 2.75) is 33.1 Å². The van der Waals surface area contributed by atoms with Crippen molar-refractivity contribution in [3.8, 4) is 0 Å². The fourth-order valence-corrected chi connectivity index (χ4v) is 3.75. The fraction of sp³-hybridized carbons (Fsp3) is 0.875. The van der Waals surface area contributed by atoms with Crippen molar-refractivity contribution >= 4 is 28.9 Å². The standard InChI is InChI=1S/C24H46N2O10S/c1-23(13-27,15-33-5)17-35-20(30)7-10-26(22(32)37-12-6-9-25(3)4)11-8-21(31)36-18-24(2,14-28)16-34-19-29/h27-29H,6-19H2,1-5H3. The minimum Gasteiger partial charge on any atom is -0.465 e. The molecule has 1 amide bonds. The van der Waals surface area contributed by atoms with Crippen LogP contribution in [-0.2, 0) is 28.5 Å². The third-order valence-corrected chi connectivity index (χ3v) is 6.36. The molecule has 0 aliphatic heterocycles. The predicted octanol–water partition coefficient (Wildman–Crippen LogP) is 0.570. The predicted molar refractivity (Wildman–Crippen MR) is 139 cm³/mol. The smallest absolute Gasteiger partial charge is 0.307 e. The highest BCUT2D eigenvalue weighted by Gasteiger charge is 2.28. The summed E-state index contributed by atoms with van der Waals surface area (Å²) in [5, 5.41) is 27.6. The number of aliphatic hydroxyl groups is 3. The number of methoxy groups -OCH3 is 1. The first-order chi connectivity index (χ1) is 17.4. The SMILES string of the molecule is COCC(C)(CO)COC(=O)CCN(CCC(=O)OCC(C)(CO)COCO)C(=O)SCCCN(C)C. The van der Waals surface area contributed by atoms with Crippen molar-refractivity contribution in [2.24, 2.45) is 10.8 Å². The molecule has 0 rings (SSSR count). The van der Waals surface area contributed by atoms with Crippen molar-refractivity contribution in [1.82, 2.24) is 9.80 Å². The van der Waals surface area contributed by atoms with Gasteiger partial charge in [0.05, 0.1) is 39.3 Å². The maximum atomic E-state index is 12.8. The second-order valence-corrected chi connectivity index (χ2v) is 11.0. The van der Waals surface area contributed by atoms with Gasteiger partial charge in [-0.15, -0.1) is 0 Å². The van der Waals surface area contributed by atoms with Crippen molar-refractivity contribution in [3.05, 3.63) is 0 Å². The Hall–Kier alpha value is -1.48. The molecule has 12 nitrogen and oxygen atoms in total. The van der Waals surface area contributed by atoms with E-state index in [0.717, 1.165) is 24.7 Å². The monoisotopic (exact) mass is 554 g/mol. The van der Waals surface area contributed by atoms with Crippen molar-refractivity contribution in [3.63, 3.8) is 0 Å². The number of ether oxygens (including phenoxy) is 4. The Labute approximate surface area is 224 Å². The lowest BCUT2D eigenvalue weighted by molar-refractivity contribution is -0.151. The van der Waals surface area contributed by atoms with E-state index in [1.54, 1.807) is 13.8 Å². The van der Waals surface area contributed by atoms with Crippen LogP contribution < -0.4 is 0 Å². The molecule has 2 unspecified atom stereocenters. The number of hydrogen-bond acceptors (Lipinski definition) is 12. The van der Waals surface area contributed by atoms with Gasteiger partial charge in [-0.25, -0.2) is 0 Å². The third-order valence-electron chi connectivity index (χ3n) is 5.37. The van der Waals surface area contributed by atoms with Gasteiger partial charge in [0, 0.05) is 36.8 Å². The molecule has 0 saturated heterocycles. The van der Waals surface area contributed by atoms with Gasteiger partial charge in [0.1, 0.15) is 20.0 Å². The molecule has 0 aliphatic rings. The molecule has 37 heavy (non-hydrogen) atoms. The van der Waals surface area contributed by atoms with Gasteiger partial charge < -0.3 is 44.1 Å². The van der Waals surface area contributed by atoms with E-state index in [2.05, 4.69) is 0 Å². The Bertz CT molecular complexity index is 669. The van der Waals surface area contributed by atoms with E-state index in [-0.39, 0.29) is 70.8 Å². The molecule has 0 saturated carbocycles. The third kappa shape index (κ3) is 16.9. The Morgan fingerprint density at radius 1 is 0.811 bits per heavy atom. The molecular weight excluding hydrogens is 508 g/mol. The molecular formula is C24H46N2O10S. The molecule has 0 radical (unpaired) electrons. The molecule has 0 aromatic heterocycles. The maximum Gasteiger partial charge on any atom is 0.307 e. The lowest BCUT2D eigenvalue weighted by Crippen LogP contribution is -2.36. The zero-order valence-electron chi connectivity index (χ0n) is 22.9. The van der Waals surface area contributed by atoms with E-state index in [0.29, 0.717) is 5.75 Å². The average molecular weight is 555 g/mol. The van der Waals surface area contributed by atoms with Crippen LogP contribution in [0.5, 0.6) is 0 Å². The number of carbonyl (C=O) groups is 3. The van der Waals surface area contributed by atoms with Crippen molar-refractivity contribution < 1.29 is 48.7 Å². The summed E-state index contributed by atoms with van der Waals surface area (Å²) in [6.07, 6.45) is 0.628. The largest absolute Gasteiger partial charge is 0.465 e. The number of aliphatic hydroxyl groups excluding tert-OH is 3. The number of thioether (sulfide) groups is 1. The number of nitrogens with zero attached hydrogens (tertiary/aromatic N) is 2. The first-order valence-electron chi connectivity index (χ1n) is 12.2. The second kappa shape index (κ2) is 19.6. The minimum absolute atomic E-state index is 0.00327. The second-order valence-electron chi connectivity index (χ2n) is 9.93. The summed E-state index contributed by atoms with van der Waals surface area (Å²) in [6.45, 7) is 3.35. The molecule has 2 atom stereocenters. The Morgan fingerprint density at radius 2 is 1.32 bits per heavy atom. The lowest BCUT2D eigenvalue weighted by Gasteiger charge is -2.27. The minimum atomic E-state index is -0.869. The van der Waals surface area contributed by atoms with Gasteiger partial charge >= 0.3 is 11.9 Å². The molecule has 0 heterocycles. The molecule has 218 valence electrons. The molecule has 0 bridgehead atoms. The van der Waals surface area contributed by atoms with E-state index in [1.807, 2.05) is 19.0 Å². The van der Waals surface area contributed by atoms with Crippen molar-refractivity contribution in [2.75, 3.05) is 93.0 Å². The van der Waals surface area contributed by atoms with Crippen molar-refractivity contribution in [1.29, 1.82) is 0 Å². The summed E-state index contributed by atoms with van der Waals surface area (Å²) in [4.78, 5) is 40.8. The van der Waals surface area contributed by atoms with Crippen LogP contribution in [-0.4, -0.2) is 135 Å². The number of amides is 1. The van der Waals surface area contributed by atoms with E-state index in [1.165, 1.54) is 12.0 Å². The van der Waals surface area contributed by atoms with E-state index < -0.39 is 29.6 Å². The molecule has 0 fully saturated rings. The first kappa shape index (κ1) is 35.5. The quantitative estimate of drug-likeness (QED) is 0.103. The Kier molecular flexibility index (Phi) is 18.8. The van der Waals surface area contributed by atoms with Crippen LogP contribution in [0.15, 0.2) is 0 Å². The first-order valence-corrected chi connectivity index (χ1v) is 13.2. The fourth-order valence-electron chi connectivity index (χ4n) is 2.94. The van der Waals surface area contributed by atoms with Gasteiger partial charge in [0.2, 0.25) is 0 Å². The van der Waals surface area contributed by atoms with Crippen LogP contribution in [0.25, 0.3) is 0 Å². The van der Waals surface area contributed by atoms with Gasteiger partial charge in [-0.05, 0) is 27.1 Å². The van der Waals surface area contributed by atoms with Gasteiger partial charge in [-0.2, -0.15) is 0 Å².